The Morgan fingerprint density at radius 1 is 1.30 bits per heavy atom. The maximum absolute atomic E-state index is 12.5. The van der Waals surface area contributed by atoms with E-state index in [4.69, 9.17) is 9.47 Å². The van der Waals surface area contributed by atoms with Gasteiger partial charge in [-0.1, -0.05) is 0 Å². The molecule has 0 aromatic heterocycles. The van der Waals surface area contributed by atoms with E-state index < -0.39 is 14.8 Å². The van der Waals surface area contributed by atoms with Crippen LogP contribution >= 0.6 is 0 Å². The molecule has 0 unspecified atom stereocenters. The number of sulfone groups is 1. The Bertz CT molecular complexity index is 996. The Morgan fingerprint density at radius 2 is 2.00 bits per heavy atom. The predicted molar refractivity (Wildman–Crippen MR) is 101 cm³/mol. The third-order valence-corrected chi connectivity index (χ3v) is 5.55. The Kier molecular flexibility index (Phi) is 5.18. The molecule has 27 heavy (non-hydrogen) atoms. The minimum absolute atomic E-state index is 0.0201. The van der Waals surface area contributed by atoms with E-state index in [1.165, 1.54) is 18.2 Å². The van der Waals surface area contributed by atoms with Crippen LogP contribution in [0.15, 0.2) is 46.7 Å². The number of benzene rings is 2. The second-order valence-electron chi connectivity index (χ2n) is 6.16. The minimum atomic E-state index is -3.76. The van der Waals surface area contributed by atoms with Gasteiger partial charge in [-0.25, -0.2) is 8.42 Å². The van der Waals surface area contributed by atoms with Crippen LogP contribution < -0.4 is 9.47 Å². The van der Waals surface area contributed by atoms with E-state index in [2.05, 4.69) is 0 Å². The van der Waals surface area contributed by atoms with Crippen LogP contribution in [-0.4, -0.2) is 26.1 Å². The summed E-state index contributed by atoms with van der Waals surface area (Å²) >= 11 is 0. The standard InChI is InChI=1S/C19H19NO6S/c1-3-25-18-12-15-10-13(2)26-19(15)11-14(18)8-9-27(23,24)17-6-4-16(5-7-17)20(21)22/h4-9,11-13H,3,10H2,1-2H3/b9-8+/t13-/m1/s1. The summed E-state index contributed by atoms with van der Waals surface area (Å²) in [6.45, 7) is 4.27. The molecule has 7 nitrogen and oxygen atoms in total. The van der Waals surface area contributed by atoms with E-state index in [0.29, 0.717) is 17.9 Å². The second-order valence-corrected chi connectivity index (χ2v) is 8.00. The van der Waals surface area contributed by atoms with Crippen LogP contribution in [-0.2, 0) is 16.3 Å². The van der Waals surface area contributed by atoms with Crippen LogP contribution in [0.2, 0.25) is 0 Å². The SMILES string of the molecule is CCOc1cc2c(cc1/C=C/S(=O)(=O)c1ccc([N+](=O)[O-])cc1)O[C@H](C)C2. The van der Waals surface area contributed by atoms with Crippen LogP contribution in [0.1, 0.15) is 25.0 Å². The van der Waals surface area contributed by atoms with E-state index in [9.17, 15) is 18.5 Å². The first-order chi connectivity index (χ1) is 12.8. The molecule has 1 atom stereocenters. The van der Waals surface area contributed by atoms with Gasteiger partial charge in [-0.05, 0) is 44.2 Å². The van der Waals surface area contributed by atoms with Gasteiger partial charge in [0, 0.05) is 35.1 Å². The van der Waals surface area contributed by atoms with Gasteiger partial charge in [0.1, 0.15) is 17.6 Å². The molecular formula is C19H19NO6S. The van der Waals surface area contributed by atoms with Crippen LogP contribution in [0.25, 0.3) is 6.08 Å². The summed E-state index contributed by atoms with van der Waals surface area (Å²) in [5, 5.41) is 11.8. The van der Waals surface area contributed by atoms with Crippen molar-refractivity contribution in [2.24, 2.45) is 0 Å². The summed E-state index contributed by atoms with van der Waals surface area (Å²) in [6, 6.07) is 8.41. The highest BCUT2D eigenvalue weighted by Gasteiger charge is 2.21. The van der Waals surface area contributed by atoms with Crippen LogP contribution in [0.5, 0.6) is 11.5 Å². The number of nitro groups is 1. The maximum atomic E-state index is 12.5. The molecule has 1 aliphatic heterocycles. The van der Waals surface area contributed by atoms with Crippen molar-refractivity contribution in [3.8, 4) is 11.5 Å². The Labute approximate surface area is 157 Å². The fourth-order valence-electron chi connectivity index (χ4n) is 2.86. The normalized spacial score (nSPS) is 16.1. The van der Waals surface area contributed by atoms with E-state index in [1.54, 1.807) is 6.07 Å². The summed E-state index contributed by atoms with van der Waals surface area (Å²) in [4.78, 5) is 10.1. The van der Waals surface area contributed by atoms with Crippen LogP contribution in [0.4, 0.5) is 5.69 Å². The highest BCUT2D eigenvalue weighted by Crippen LogP contribution is 2.36. The Morgan fingerprint density at radius 3 is 2.63 bits per heavy atom. The molecule has 142 valence electrons. The lowest BCUT2D eigenvalue weighted by Gasteiger charge is -2.10. The molecule has 8 heteroatoms. The lowest BCUT2D eigenvalue weighted by atomic mass is 10.1. The van der Waals surface area contributed by atoms with Gasteiger partial charge < -0.3 is 9.47 Å². The van der Waals surface area contributed by atoms with Crippen molar-refractivity contribution in [2.75, 3.05) is 6.61 Å². The Balaban J connectivity index is 1.92. The summed E-state index contributed by atoms with van der Waals surface area (Å²) in [6.07, 6.45) is 2.30. The molecular weight excluding hydrogens is 370 g/mol. The average molecular weight is 389 g/mol. The lowest BCUT2D eigenvalue weighted by molar-refractivity contribution is -0.384. The third-order valence-electron chi connectivity index (χ3n) is 4.13. The van der Waals surface area contributed by atoms with E-state index >= 15 is 0 Å². The number of ether oxygens (including phenoxy) is 2. The zero-order valence-corrected chi connectivity index (χ0v) is 15.7. The van der Waals surface area contributed by atoms with Crippen molar-refractivity contribution in [1.82, 2.24) is 0 Å². The fourth-order valence-corrected chi connectivity index (χ4v) is 3.86. The second kappa shape index (κ2) is 7.40. The zero-order valence-electron chi connectivity index (χ0n) is 14.9. The summed E-state index contributed by atoms with van der Waals surface area (Å²) < 4.78 is 36.4. The van der Waals surface area contributed by atoms with Gasteiger partial charge >= 0.3 is 0 Å². The molecule has 0 saturated carbocycles. The molecule has 1 heterocycles. The average Bonchev–Trinajstić information content (AvgIpc) is 2.99. The van der Waals surface area contributed by atoms with Gasteiger partial charge in [-0.15, -0.1) is 0 Å². The number of nitro benzene ring substituents is 1. The van der Waals surface area contributed by atoms with Crippen molar-refractivity contribution in [1.29, 1.82) is 0 Å². The van der Waals surface area contributed by atoms with E-state index in [1.807, 2.05) is 19.9 Å². The minimum Gasteiger partial charge on any atom is -0.493 e. The zero-order chi connectivity index (χ0) is 19.6. The first-order valence-corrected chi connectivity index (χ1v) is 9.99. The van der Waals surface area contributed by atoms with Crippen molar-refractivity contribution in [3.63, 3.8) is 0 Å². The highest BCUT2D eigenvalue weighted by molar-refractivity contribution is 7.94. The largest absolute Gasteiger partial charge is 0.493 e. The number of hydrogen-bond donors (Lipinski definition) is 0. The molecule has 0 fully saturated rings. The van der Waals surface area contributed by atoms with Gasteiger partial charge in [0.15, 0.2) is 9.84 Å². The highest BCUT2D eigenvalue weighted by atomic mass is 32.2. The quantitative estimate of drug-likeness (QED) is 0.551. The topological polar surface area (TPSA) is 95.7 Å². The molecule has 1 aliphatic rings. The number of rotatable bonds is 6. The number of nitrogens with zero attached hydrogens (tertiary/aromatic N) is 1. The van der Waals surface area contributed by atoms with Gasteiger partial charge in [0.25, 0.3) is 5.69 Å². The van der Waals surface area contributed by atoms with Crippen molar-refractivity contribution >= 4 is 21.6 Å². The van der Waals surface area contributed by atoms with Gasteiger partial charge in [0.05, 0.1) is 16.4 Å². The van der Waals surface area contributed by atoms with E-state index in [0.717, 1.165) is 35.3 Å². The van der Waals surface area contributed by atoms with Gasteiger partial charge in [-0.2, -0.15) is 0 Å². The number of non-ortho nitro benzene ring substituents is 1. The lowest BCUT2D eigenvalue weighted by Crippen LogP contribution is -2.05. The van der Waals surface area contributed by atoms with Crippen molar-refractivity contribution in [3.05, 3.63) is 63.0 Å². The first-order valence-electron chi connectivity index (χ1n) is 8.44. The molecule has 0 aliphatic carbocycles. The smallest absolute Gasteiger partial charge is 0.269 e. The van der Waals surface area contributed by atoms with Crippen molar-refractivity contribution < 1.29 is 22.8 Å². The Hall–Kier alpha value is -2.87. The number of fused-ring (bicyclic) bond motifs is 1. The summed E-state index contributed by atoms with van der Waals surface area (Å²) in [5.41, 5.74) is 1.46. The molecule has 0 radical (unpaired) electrons. The van der Waals surface area contributed by atoms with Gasteiger partial charge in [-0.3, -0.25) is 10.1 Å². The first kappa shape index (κ1) is 18.9. The predicted octanol–water partition coefficient (Wildman–Crippen LogP) is 3.76. The summed E-state index contributed by atoms with van der Waals surface area (Å²) in [7, 11) is -3.76. The number of hydrogen-bond acceptors (Lipinski definition) is 6. The monoisotopic (exact) mass is 389 g/mol. The molecule has 2 aromatic rings. The van der Waals surface area contributed by atoms with Crippen LogP contribution in [0, 0.1) is 10.1 Å². The molecule has 0 bridgehead atoms. The van der Waals surface area contributed by atoms with Gasteiger partial charge in [0.2, 0.25) is 0 Å². The molecule has 0 amide bonds. The van der Waals surface area contributed by atoms with Crippen molar-refractivity contribution in [2.45, 2.75) is 31.3 Å². The van der Waals surface area contributed by atoms with Crippen LogP contribution in [0.3, 0.4) is 0 Å². The van der Waals surface area contributed by atoms with E-state index in [-0.39, 0.29) is 16.7 Å². The molecule has 3 rings (SSSR count). The third kappa shape index (κ3) is 4.11. The molecule has 0 saturated heterocycles. The maximum Gasteiger partial charge on any atom is 0.269 e. The molecule has 0 N–H and O–H groups in total. The molecule has 2 aromatic carbocycles. The summed E-state index contributed by atoms with van der Waals surface area (Å²) in [5.74, 6) is 1.31. The molecule has 0 spiro atoms. The fraction of sp³-hybridized carbons (Fsp3) is 0.263.